The third-order valence-electron chi connectivity index (χ3n) is 4.38. The lowest BCUT2D eigenvalue weighted by atomic mass is 9.76. The van der Waals surface area contributed by atoms with Crippen molar-refractivity contribution >= 4 is 0 Å². The number of nitrogens with zero attached hydrogens (tertiary/aromatic N) is 1. The zero-order valence-corrected chi connectivity index (χ0v) is 12.3. The van der Waals surface area contributed by atoms with Crippen molar-refractivity contribution in [2.75, 3.05) is 19.6 Å². The van der Waals surface area contributed by atoms with Crippen molar-refractivity contribution in [3.63, 3.8) is 0 Å². The van der Waals surface area contributed by atoms with Gasteiger partial charge in [0, 0.05) is 18.6 Å². The fourth-order valence-corrected chi connectivity index (χ4v) is 3.16. The van der Waals surface area contributed by atoms with Gasteiger partial charge in [-0.2, -0.15) is 0 Å². The maximum absolute atomic E-state index is 6.60. The van der Waals surface area contributed by atoms with E-state index in [1.165, 1.54) is 38.6 Å². The topological polar surface area (TPSA) is 29.3 Å². The van der Waals surface area contributed by atoms with Crippen molar-refractivity contribution in [1.29, 1.82) is 0 Å². The number of hydrogen-bond donors (Lipinski definition) is 1. The van der Waals surface area contributed by atoms with Crippen LogP contribution in [0.15, 0.2) is 0 Å². The van der Waals surface area contributed by atoms with Gasteiger partial charge in [0.05, 0.1) is 0 Å². The Morgan fingerprint density at radius 1 is 1.41 bits per heavy atom. The van der Waals surface area contributed by atoms with Gasteiger partial charge in [-0.1, -0.05) is 47.0 Å². The summed E-state index contributed by atoms with van der Waals surface area (Å²) in [6.45, 7) is 12.7. The Hall–Kier alpha value is -0.0800. The molecule has 0 radical (unpaired) electrons. The Morgan fingerprint density at radius 3 is 2.65 bits per heavy atom. The fourth-order valence-electron chi connectivity index (χ4n) is 3.16. The normalized spacial score (nSPS) is 31.8. The van der Waals surface area contributed by atoms with Gasteiger partial charge in [-0.05, 0) is 31.2 Å². The summed E-state index contributed by atoms with van der Waals surface area (Å²) in [6.07, 6.45) is 6.39. The standard InChI is InChI=1S/C15H32N2/c1-5-13(3)11-17(6-2)12-15(16)9-7-8-14(4)10-15/h13-14H,5-12,16H2,1-4H3. The SMILES string of the molecule is CCC(C)CN(CC)CC1(N)CCCC(C)C1. The molecule has 102 valence electrons. The number of nitrogens with two attached hydrogens (primary N) is 1. The van der Waals surface area contributed by atoms with Crippen LogP contribution in [0.25, 0.3) is 0 Å². The van der Waals surface area contributed by atoms with Crippen LogP contribution in [0, 0.1) is 11.8 Å². The van der Waals surface area contributed by atoms with E-state index < -0.39 is 0 Å². The average Bonchev–Trinajstić information content (AvgIpc) is 2.27. The average molecular weight is 240 g/mol. The summed E-state index contributed by atoms with van der Waals surface area (Å²) in [7, 11) is 0. The van der Waals surface area contributed by atoms with Gasteiger partial charge >= 0.3 is 0 Å². The van der Waals surface area contributed by atoms with Gasteiger partial charge in [0.15, 0.2) is 0 Å². The van der Waals surface area contributed by atoms with Gasteiger partial charge in [0.1, 0.15) is 0 Å². The molecular formula is C15H32N2. The van der Waals surface area contributed by atoms with Crippen LogP contribution in [-0.4, -0.2) is 30.1 Å². The molecule has 1 aliphatic rings. The molecule has 17 heavy (non-hydrogen) atoms. The molecular weight excluding hydrogens is 208 g/mol. The van der Waals surface area contributed by atoms with E-state index in [2.05, 4.69) is 32.6 Å². The minimum atomic E-state index is 0.0845. The van der Waals surface area contributed by atoms with E-state index >= 15 is 0 Å². The number of rotatable bonds is 6. The van der Waals surface area contributed by atoms with E-state index in [0.29, 0.717) is 0 Å². The zero-order valence-electron chi connectivity index (χ0n) is 12.3. The van der Waals surface area contributed by atoms with E-state index in [9.17, 15) is 0 Å². The highest BCUT2D eigenvalue weighted by Crippen LogP contribution is 2.31. The summed E-state index contributed by atoms with van der Waals surface area (Å²) in [4.78, 5) is 2.56. The number of likely N-dealkylation sites (N-methyl/N-ethyl adjacent to an activating group) is 1. The van der Waals surface area contributed by atoms with E-state index in [1.54, 1.807) is 0 Å². The summed E-state index contributed by atoms with van der Waals surface area (Å²) in [5, 5.41) is 0. The molecule has 0 amide bonds. The highest BCUT2D eigenvalue weighted by molar-refractivity contribution is 4.92. The minimum Gasteiger partial charge on any atom is -0.324 e. The molecule has 0 saturated heterocycles. The fraction of sp³-hybridized carbons (Fsp3) is 1.00. The van der Waals surface area contributed by atoms with Crippen molar-refractivity contribution in [2.24, 2.45) is 17.6 Å². The second-order valence-corrected chi connectivity index (χ2v) is 6.41. The van der Waals surface area contributed by atoms with Crippen LogP contribution in [-0.2, 0) is 0 Å². The maximum Gasteiger partial charge on any atom is 0.0285 e. The van der Waals surface area contributed by atoms with E-state index in [0.717, 1.165) is 24.9 Å². The lowest BCUT2D eigenvalue weighted by molar-refractivity contribution is 0.141. The zero-order chi connectivity index (χ0) is 12.9. The van der Waals surface area contributed by atoms with Gasteiger partial charge < -0.3 is 10.6 Å². The van der Waals surface area contributed by atoms with Gasteiger partial charge in [0.25, 0.3) is 0 Å². The van der Waals surface area contributed by atoms with Crippen molar-refractivity contribution in [3.8, 4) is 0 Å². The monoisotopic (exact) mass is 240 g/mol. The summed E-state index contributed by atoms with van der Waals surface area (Å²) >= 11 is 0. The van der Waals surface area contributed by atoms with Gasteiger partial charge in [-0.15, -0.1) is 0 Å². The largest absolute Gasteiger partial charge is 0.324 e. The van der Waals surface area contributed by atoms with Crippen molar-refractivity contribution in [3.05, 3.63) is 0 Å². The van der Waals surface area contributed by atoms with Crippen LogP contribution in [0.4, 0.5) is 0 Å². The summed E-state index contributed by atoms with van der Waals surface area (Å²) in [6, 6.07) is 0. The molecule has 0 spiro atoms. The van der Waals surface area contributed by atoms with Crippen LogP contribution in [0.3, 0.4) is 0 Å². The van der Waals surface area contributed by atoms with Crippen molar-refractivity contribution < 1.29 is 0 Å². The quantitative estimate of drug-likeness (QED) is 0.772. The molecule has 0 aliphatic heterocycles. The van der Waals surface area contributed by atoms with E-state index in [-0.39, 0.29) is 5.54 Å². The molecule has 0 aromatic heterocycles. The third-order valence-corrected chi connectivity index (χ3v) is 4.38. The molecule has 1 aliphatic carbocycles. The van der Waals surface area contributed by atoms with Crippen LogP contribution in [0.2, 0.25) is 0 Å². The molecule has 1 rings (SSSR count). The van der Waals surface area contributed by atoms with Gasteiger partial charge in [-0.25, -0.2) is 0 Å². The highest BCUT2D eigenvalue weighted by Gasteiger charge is 2.32. The predicted octanol–water partition coefficient (Wildman–Crippen LogP) is 3.26. The first kappa shape index (κ1) is 15.0. The molecule has 2 nitrogen and oxygen atoms in total. The molecule has 0 bridgehead atoms. The first-order valence-corrected chi connectivity index (χ1v) is 7.50. The molecule has 1 fully saturated rings. The molecule has 3 atom stereocenters. The van der Waals surface area contributed by atoms with Gasteiger partial charge in [-0.3, -0.25) is 0 Å². The Labute approximate surface area is 108 Å². The minimum absolute atomic E-state index is 0.0845. The van der Waals surface area contributed by atoms with Gasteiger partial charge in [0.2, 0.25) is 0 Å². The lowest BCUT2D eigenvalue weighted by Gasteiger charge is -2.41. The Kier molecular flexibility index (Phi) is 5.94. The van der Waals surface area contributed by atoms with E-state index in [4.69, 9.17) is 5.73 Å². The third kappa shape index (κ3) is 4.97. The molecule has 2 N–H and O–H groups in total. The summed E-state index contributed by atoms with van der Waals surface area (Å²) < 4.78 is 0. The predicted molar refractivity (Wildman–Crippen MR) is 76.1 cm³/mol. The number of hydrogen-bond acceptors (Lipinski definition) is 2. The second-order valence-electron chi connectivity index (χ2n) is 6.41. The Morgan fingerprint density at radius 2 is 2.12 bits per heavy atom. The molecule has 3 unspecified atom stereocenters. The summed E-state index contributed by atoms with van der Waals surface area (Å²) in [5.74, 6) is 1.61. The second kappa shape index (κ2) is 6.75. The maximum atomic E-state index is 6.60. The first-order valence-electron chi connectivity index (χ1n) is 7.50. The molecule has 0 heterocycles. The van der Waals surface area contributed by atoms with Crippen LogP contribution < -0.4 is 5.73 Å². The van der Waals surface area contributed by atoms with Crippen LogP contribution >= 0.6 is 0 Å². The molecule has 0 aromatic rings. The summed E-state index contributed by atoms with van der Waals surface area (Å²) in [5.41, 5.74) is 6.69. The smallest absolute Gasteiger partial charge is 0.0285 e. The first-order chi connectivity index (χ1) is 7.99. The van der Waals surface area contributed by atoms with Crippen molar-refractivity contribution in [2.45, 2.75) is 65.3 Å². The molecule has 2 heteroatoms. The molecule has 1 saturated carbocycles. The highest BCUT2D eigenvalue weighted by atomic mass is 15.1. The van der Waals surface area contributed by atoms with Crippen LogP contribution in [0.1, 0.15) is 59.8 Å². The Bertz CT molecular complexity index is 217. The molecule has 0 aromatic carbocycles. The van der Waals surface area contributed by atoms with Crippen molar-refractivity contribution in [1.82, 2.24) is 4.90 Å². The Balaban J connectivity index is 2.48. The van der Waals surface area contributed by atoms with E-state index in [1.807, 2.05) is 0 Å². The van der Waals surface area contributed by atoms with Crippen LogP contribution in [0.5, 0.6) is 0 Å². The lowest BCUT2D eigenvalue weighted by Crippen LogP contribution is -2.53.